The van der Waals surface area contributed by atoms with Crippen molar-refractivity contribution in [3.05, 3.63) is 108 Å². The van der Waals surface area contributed by atoms with Crippen LogP contribution in [0.15, 0.2) is 85.6 Å². The SMILES string of the molecule is [2H]c1nc(Nc2cc(C(=O)Nc3cc(C)cc(-n4c([2H])nc(C)c4[2H])c3)ccc2C)nc(-c2cccnc2)c1[2H]. The van der Waals surface area contributed by atoms with E-state index in [-0.39, 0.29) is 42.2 Å². The first-order valence-electron chi connectivity index (χ1n) is 13.2. The summed E-state index contributed by atoms with van der Waals surface area (Å²) in [5, 5.41) is 5.98. The van der Waals surface area contributed by atoms with Gasteiger partial charge in [0.05, 0.1) is 21.8 Å². The fourth-order valence-corrected chi connectivity index (χ4v) is 3.63. The molecule has 2 aromatic carbocycles. The van der Waals surface area contributed by atoms with E-state index in [0.29, 0.717) is 33.9 Å². The Kier molecular flexibility index (Phi) is 5.03. The zero-order chi connectivity index (χ0) is 28.6. The minimum Gasteiger partial charge on any atom is -0.324 e. The van der Waals surface area contributed by atoms with Gasteiger partial charge in [-0.25, -0.2) is 15.0 Å². The maximum Gasteiger partial charge on any atom is 0.255 e. The number of anilines is 3. The fourth-order valence-electron chi connectivity index (χ4n) is 3.63. The van der Waals surface area contributed by atoms with Crippen molar-refractivity contribution in [1.82, 2.24) is 24.5 Å². The Morgan fingerprint density at radius 1 is 1.06 bits per heavy atom. The molecule has 178 valence electrons. The van der Waals surface area contributed by atoms with Gasteiger partial charge >= 0.3 is 0 Å². The summed E-state index contributed by atoms with van der Waals surface area (Å²) in [4.78, 5) is 29.9. The largest absolute Gasteiger partial charge is 0.324 e. The van der Waals surface area contributed by atoms with Crippen molar-refractivity contribution >= 4 is 23.2 Å². The molecule has 36 heavy (non-hydrogen) atoms. The monoisotopic (exact) mass is 479 g/mol. The highest BCUT2D eigenvalue weighted by atomic mass is 16.1. The second-order valence-corrected chi connectivity index (χ2v) is 8.28. The Hall–Kier alpha value is -4.85. The maximum atomic E-state index is 13.2. The number of pyridine rings is 1. The van der Waals surface area contributed by atoms with Crippen LogP contribution in [-0.4, -0.2) is 30.4 Å². The zero-order valence-corrected chi connectivity index (χ0v) is 19.9. The summed E-state index contributed by atoms with van der Waals surface area (Å²) < 4.78 is 34.1. The molecule has 0 saturated carbocycles. The average molecular weight is 480 g/mol. The van der Waals surface area contributed by atoms with Crippen LogP contribution in [0.5, 0.6) is 0 Å². The van der Waals surface area contributed by atoms with Crippen molar-refractivity contribution in [2.45, 2.75) is 20.8 Å². The average Bonchev–Trinajstić information content (AvgIpc) is 3.18. The van der Waals surface area contributed by atoms with Crippen LogP contribution in [0.2, 0.25) is 0 Å². The van der Waals surface area contributed by atoms with Crippen molar-refractivity contribution in [2.75, 3.05) is 10.6 Å². The quantitative estimate of drug-likeness (QED) is 0.327. The van der Waals surface area contributed by atoms with Crippen molar-refractivity contribution in [1.29, 1.82) is 0 Å². The number of hydrogen-bond donors (Lipinski definition) is 2. The molecule has 0 radical (unpaired) electrons. The van der Waals surface area contributed by atoms with Crippen LogP contribution in [0.4, 0.5) is 17.3 Å². The van der Waals surface area contributed by atoms with Crippen LogP contribution in [0.1, 0.15) is 32.7 Å². The van der Waals surface area contributed by atoms with Crippen molar-refractivity contribution in [3.63, 3.8) is 0 Å². The van der Waals surface area contributed by atoms with Gasteiger partial charge in [0, 0.05) is 52.9 Å². The van der Waals surface area contributed by atoms with Crippen molar-refractivity contribution in [2.24, 2.45) is 0 Å². The predicted octanol–water partition coefficient (Wildman–Crippen LogP) is 5.65. The Labute approximate surface area is 214 Å². The molecular weight excluding hydrogens is 450 g/mol. The number of hydrogen-bond acceptors (Lipinski definition) is 6. The molecule has 5 rings (SSSR count). The van der Waals surface area contributed by atoms with E-state index in [1.54, 1.807) is 61.8 Å². The summed E-state index contributed by atoms with van der Waals surface area (Å²) in [6, 6.07) is 13.8. The molecule has 0 aliphatic rings. The third kappa shape index (κ3) is 5.12. The molecule has 3 aromatic heterocycles. The third-order valence-electron chi connectivity index (χ3n) is 5.40. The van der Waals surface area contributed by atoms with Gasteiger partial charge in [0.25, 0.3) is 5.91 Å². The Morgan fingerprint density at radius 2 is 1.94 bits per heavy atom. The molecule has 2 N–H and O–H groups in total. The summed E-state index contributed by atoms with van der Waals surface area (Å²) in [5.41, 5.74) is 4.98. The Morgan fingerprint density at radius 3 is 2.72 bits per heavy atom. The van der Waals surface area contributed by atoms with E-state index in [2.05, 4.69) is 30.6 Å². The number of aryl methyl sites for hydroxylation is 3. The van der Waals surface area contributed by atoms with E-state index in [1.165, 1.54) is 4.57 Å². The standard InChI is InChI=1S/C28H25N7O/c1-18-11-23(14-24(12-18)35-16-20(3)31-17-35)32-27(36)21-7-6-19(2)26(13-21)34-28-30-10-8-25(33-28)22-5-4-9-29-15-22/h4-17H,1-3H3,(H,32,36)(H,30,33,34)/i8D,10D,16D,17D. The molecule has 5 aromatic rings. The molecule has 0 aliphatic carbocycles. The number of nitrogens with zero attached hydrogens (tertiary/aromatic N) is 5. The number of amides is 1. The first-order chi connectivity index (χ1) is 19.1. The minimum absolute atomic E-state index is 0.0529. The van der Waals surface area contributed by atoms with E-state index in [9.17, 15) is 4.79 Å². The van der Waals surface area contributed by atoms with E-state index in [0.717, 1.165) is 11.1 Å². The summed E-state index contributed by atoms with van der Waals surface area (Å²) in [6.45, 7) is 5.41. The summed E-state index contributed by atoms with van der Waals surface area (Å²) in [6.07, 6.45) is 3.01. The molecular formula is C28H25N7O. The van der Waals surface area contributed by atoms with Crippen LogP contribution in [0.25, 0.3) is 16.9 Å². The molecule has 0 atom stereocenters. The normalized spacial score (nSPS) is 12.3. The summed E-state index contributed by atoms with van der Waals surface area (Å²) in [5.74, 6) is -0.241. The van der Waals surface area contributed by atoms with E-state index in [4.69, 9.17) is 5.48 Å². The van der Waals surface area contributed by atoms with Gasteiger partial charge in [0.15, 0.2) is 0 Å². The minimum atomic E-state index is -0.363. The lowest BCUT2D eigenvalue weighted by molar-refractivity contribution is 0.102. The van der Waals surface area contributed by atoms with Crippen LogP contribution in [-0.2, 0) is 0 Å². The fraction of sp³-hybridized carbons (Fsp3) is 0.107. The number of carbonyl (C=O) groups is 1. The lowest BCUT2D eigenvalue weighted by atomic mass is 10.1. The number of carbonyl (C=O) groups excluding carboxylic acids is 1. The van der Waals surface area contributed by atoms with Gasteiger partial charge in [-0.1, -0.05) is 6.07 Å². The zero-order valence-electron chi connectivity index (χ0n) is 23.9. The topological polar surface area (TPSA) is 97.6 Å². The molecule has 0 spiro atoms. The second kappa shape index (κ2) is 9.79. The number of nitrogens with one attached hydrogen (secondary N) is 2. The highest BCUT2D eigenvalue weighted by Gasteiger charge is 2.12. The first-order valence-corrected chi connectivity index (χ1v) is 11.2. The molecule has 0 fully saturated rings. The lowest BCUT2D eigenvalue weighted by Crippen LogP contribution is -2.13. The van der Waals surface area contributed by atoms with Crippen LogP contribution < -0.4 is 10.6 Å². The number of rotatable bonds is 6. The Bertz CT molecular complexity index is 1760. The predicted molar refractivity (Wildman–Crippen MR) is 141 cm³/mol. The molecule has 0 bridgehead atoms. The van der Waals surface area contributed by atoms with E-state index < -0.39 is 0 Å². The second-order valence-electron chi connectivity index (χ2n) is 8.28. The molecule has 0 aliphatic heterocycles. The number of benzene rings is 2. The third-order valence-corrected chi connectivity index (χ3v) is 5.40. The molecule has 3 heterocycles. The van der Waals surface area contributed by atoms with E-state index in [1.807, 2.05) is 19.9 Å². The van der Waals surface area contributed by atoms with Gasteiger partial charge in [-0.15, -0.1) is 0 Å². The lowest BCUT2D eigenvalue weighted by Gasteiger charge is -2.13. The number of imidazole rings is 1. The van der Waals surface area contributed by atoms with Crippen LogP contribution >= 0.6 is 0 Å². The summed E-state index contributed by atoms with van der Waals surface area (Å²) in [7, 11) is 0. The molecule has 8 heteroatoms. The molecule has 0 unspecified atom stereocenters. The highest BCUT2D eigenvalue weighted by Crippen LogP contribution is 2.24. The Balaban J connectivity index is 1.42. The smallest absolute Gasteiger partial charge is 0.255 e. The maximum absolute atomic E-state index is 13.2. The van der Waals surface area contributed by atoms with Gasteiger partial charge in [0.2, 0.25) is 5.95 Å². The summed E-state index contributed by atoms with van der Waals surface area (Å²) >= 11 is 0. The molecule has 8 nitrogen and oxygen atoms in total. The van der Waals surface area contributed by atoms with Gasteiger partial charge < -0.3 is 15.2 Å². The van der Waals surface area contributed by atoms with Crippen LogP contribution in [0.3, 0.4) is 0 Å². The first kappa shape index (κ1) is 18.5. The van der Waals surface area contributed by atoms with Gasteiger partial charge in [-0.2, -0.15) is 0 Å². The van der Waals surface area contributed by atoms with Crippen molar-refractivity contribution in [3.8, 4) is 16.9 Å². The van der Waals surface area contributed by atoms with Crippen molar-refractivity contribution < 1.29 is 10.3 Å². The molecule has 1 amide bonds. The van der Waals surface area contributed by atoms with E-state index >= 15 is 0 Å². The van der Waals surface area contributed by atoms with Crippen LogP contribution in [0, 0.1) is 20.8 Å². The van der Waals surface area contributed by atoms with Gasteiger partial charge in [-0.05, 0) is 80.4 Å². The highest BCUT2D eigenvalue weighted by molar-refractivity contribution is 6.05. The number of aromatic nitrogens is 5. The molecule has 0 saturated heterocycles. The van der Waals surface area contributed by atoms with Gasteiger partial charge in [-0.3, -0.25) is 9.78 Å². The van der Waals surface area contributed by atoms with Gasteiger partial charge in [0.1, 0.15) is 1.37 Å².